The number of unbranched alkanes of at least 4 members (excludes halogenated alkanes) is 10. The van der Waals surface area contributed by atoms with Gasteiger partial charge < -0.3 is 14.2 Å². The SMILES string of the molecule is BrCCCCCCCCOC=COC=COCCCCCCCCBr. The highest BCUT2D eigenvalue weighted by molar-refractivity contribution is 9.09. The first-order valence-electron chi connectivity index (χ1n) is 9.72. The van der Waals surface area contributed by atoms with Crippen molar-refractivity contribution in [2.75, 3.05) is 23.9 Å². The van der Waals surface area contributed by atoms with Gasteiger partial charge in [0.15, 0.2) is 0 Å². The van der Waals surface area contributed by atoms with E-state index in [1.165, 1.54) is 64.2 Å². The van der Waals surface area contributed by atoms with Gasteiger partial charge in [0, 0.05) is 10.7 Å². The van der Waals surface area contributed by atoms with E-state index in [0.29, 0.717) is 0 Å². The van der Waals surface area contributed by atoms with Crippen LogP contribution >= 0.6 is 31.9 Å². The van der Waals surface area contributed by atoms with Gasteiger partial charge in [-0.3, -0.25) is 0 Å². The summed E-state index contributed by atoms with van der Waals surface area (Å²) >= 11 is 6.91. The van der Waals surface area contributed by atoms with Crippen LogP contribution in [0.5, 0.6) is 0 Å². The summed E-state index contributed by atoms with van der Waals surface area (Å²) in [5.74, 6) is 0. The van der Waals surface area contributed by atoms with E-state index >= 15 is 0 Å². The third kappa shape index (κ3) is 23.8. The largest absolute Gasteiger partial charge is 0.498 e. The van der Waals surface area contributed by atoms with Gasteiger partial charge in [-0.25, -0.2) is 0 Å². The number of hydrogen-bond donors (Lipinski definition) is 0. The van der Waals surface area contributed by atoms with Crippen molar-refractivity contribution in [2.24, 2.45) is 0 Å². The molecule has 5 heteroatoms. The number of halogens is 2. The van der Waals surface area contributed by atoms with Crippen LogP contribution in [0.1, 0.15) is 77.0 Å². The zero-order chi connectivity index (χ0) is 18.3. The molecule has 0 heterocycles. The van der Waals surface area contributed by atoms with Gasteiger partial charge in [-0.15, -0.1) is 0 Å². The molecule has 0 fully saturated rings. The van der Waals surface area contributed by atoms with Crippen molar-refractivity contribution in [1.29, 1.82) is 0 Å². The van der Waals surface area contributed by atoms with Crippen molar-refractivity contribution in [2.45, 2.75) is 77.0 Å². The second kappa shape index (κ2) is 23.8. The van der Waals surface area contributed by atoms with Gasteiger partial charge in [-0.05, 0) is 25.7 Å². The first-order valence-corrected chi connectivity index (χ1v) is 12.0. The van der Waals surface area contributed by atoms with E-state index < -0.39 is 0 Å². The van der Waals surface area contributed by atoms with Crippen LogP contribution in [0, 0.1) is 0 Å². The molecule has 148 valence electrons. The summed E-state index contributed by atoms with van der Waals surface area (Å²) < 4.78 is 15.9. The van der Waals surface area contributed by atoms with Crippen molar-refractivity contribution in [3.63, 3.8) is 0 Å². The van der Waals surface area contributed by atoms with Crippen LogP contribution in [0.4, 0.5) is 0 Å². The monoisotopic (exact) mass is 482 g/mol. The molecule has 3 nitrogen and oxygen atoms in total. The maximum atomic E-state index is 5.37. The van der Waals surface area contributed by atoms with E-state index in [2.05, 4.69) is 31.9 Å². The Morgan fingerprint density at radius 3 is 1.20 bits per heavy atom. The highest BCUT2D eigenvalue weighted by Gasteiger charge is 1.91. The molecule has 0 amide bonds. The summed E-state index contributed by atoms with van der Waals surface area (Å²) in [6, 6.07) is 0. The third-order valence-corrected chi connectivity index (χ3v) is 4.87. The Morgan fingerprint density at radius 1 is 0.440 bits per heavy atom. The van der Waals surface area contributed by atoms with Gasteiger partial charge in [0.1, 0.15) is 25.0 Å². The molecule has 0 aliphatic carbocycles. The number of hydrogen-bond acceptors (Lipinski definition) is 3. The molecule has 0 aromatic rings. The molecule has 0 unspecified atom stereocenters. The van der Waals surface area contributed by atoms with Crippen LogP contribution in [0.2, 0.25) is 0 Å². The van der Waals surface area contributed by atoms with Gasteiger partial charge in [0.2, 0.25) is 0 Å². The van der Waals surface area contributed by atoms with E-state index in [1.54, 1.807) is 25.0 Å². The standard InChI is InChI=1S/C20H36Br2O3/c21-13-9-5-1-3-7-11-15-23-17-19-25-20-18-24-16-12-8-4-2-6-10-14-22/h17-20H,1-16H2. The van der Waals surface area contributed by atoms with Crippen molar-refractivity contribution in [1.82, 2.24) is 0 Å². The Morgan fingerprint density at radius 2 is 0.800 bits per heavy atom. The molecule has 0 aromatic heterocycles. The van der Waals surface area contributed by atoms with E-state index in [9.17, 15) is 0 Å². The van der Waals surface area contributed by atoms with E-state index in [4.69, 9.17) is 14.2 Å². The smallest absolute Gasteiger partial charge is 0.125 e. The second-order valence-corrected chi connectivity index (χ2v) is 7.63. The number of rotatable bonds is 20. The topological polar surface area (TPSA) is 27.7 Å². The predicted molar refractivity (Wildman–Crippen MR) is 114 cm³/mol. The molecule has 0 aromatic carbocycles. The molecule has 0 aliphatic rings. The molecule has 0 atom stereocenters. The van der Waals surface area contributed by atoms with Gasteiger partial charge >= 0.3 is 0 Å². The minimum Gasteiger partial charge on any atom is -0.498 e. The van der Waals surface area contributed by atoms with Crippen molar-refractivity contribution in [3.8, 4) is 0 Å². The minimum absolute atomic E-state index is 0.758. The molecule has 0 bridgehead atoms. The first-order chi connectivity index (χ1) is 12.4. The van der Waals surface area contributed by atoms with Crippen molar-refractivity contribution in [3.05, 3.63) is 25.0 Å². The van der Waals surface area contributed by atoms with Crippen LogP contribution in [0.15, 0.2) is 25.0 Å². The van der Waals surface area contributed by atoms with E-state index in [1.807, 2.05) is 0 Å². The molecule has 0 saturated carbocycles. The van der Waals surface area contributed by atoms with Gasteiger partial charge in [0.05, 0.1) is 13.2 Å². The van der Waals surface area contributed by atoms with Crippen LogP contribution in [-0.4, -0.2) is 23.9 Å². The zero-order valence-corrected chi connectivity index (χ0v) is 18.8. The predicted octanol–water partition coefficient (Wildman–Crippen LogP) is 7.45. The van der Waals surface area contributed by atoms with Crippen LogP contribution in [0.25, 0.3) is 0 Å². The lowest BCUT2D eigenvalue weighted by molar-refractivity contribution is 0.215. The van der Waals surface area contributed by atoms with Gasteiger partial charge in [-0.1, -0.05) is 83.2 Å². The lowest BCUT2D eigenvalue weighted by atomic mass is 10.1. The second-order valence-electron chi connectivity index (χ2n) is 6.04. The van der Waals surface area contributed by atoms with E-state index in [0.717, 1.165) is 36.7 Å². The molecular weight excluding hydrogens is 448 g/mol. The first kappa shape index (κ1) is 24.8. The maximum Gasteiger partial charge on any atom is 0.125 e. The van der Waals surface area contributed by atoms with Crippen LogP contribution in [-0.2, 0) is 14.2 Å². The summed E-state index contributed by atoms with van der Waals surface area (Å²) in [6.45, 7) is 1.52. The Labute approximate surface area is 171 Å². The summed E-state index contributed by atoms with van der Waals surface area (Å²) in [5, 5.41) is 2.25. The molecule has 0 saturated heterocycles. The summed E-state index contributed by atoms with van der Waals surface area (Å²) in [6.07, 6.45) is 21.4. The normalized spacial score (nSPS) is 11.4. The van der Waals surface area contributed by atoms with Crippen molar-refractivity contribution < 1.29 is 14.2 Å². The van der Waals surface area contributed by atoms with Crippen LogP contribution < -0.4 is 0 Å². The summed E-state index contributed by atoms with van der Waals surface area (Å²) in [7, 11) is 0. The summed E-state index contributed by atoms with van der Waals surface area (Å²) in [4.78, 5) is 0. The quantitative estimate of drug-likeness (QED) is 0.102. The van der Waals surface area contributed by atoms with Crippen molar-refractivity contribution >= 4 is 31.9 Å². The third-order valence-electron chi connectivity index (χ3n) is 3.75. The fourth-order valence-electron chi connectivity index (χ4n) is 2.30. The van der Waals surface area contributed by atoms with E-state index in [-0.39, 0.29) is 0 Å². The zero-order valence-electron chi connectivity index (χ0n) is 15.6. The molecular formula is C20H36Br2O3. The Kier molecular flexibility index (Phi) is 23.7. The maximum absolute atomic E-state index is 5.37. The molecule has 25 heavy (non-hydrogen) atoms. The Bertz CT molecular complexity index is 269. The molecule has 0 rings (SSSR count). The molecule has 0 spiro atoms. The van der Waals surface area contributed by atoms with Crippen LogP contribution in [0.3, 0.4) is 0 Å². The minimum atomic E-state index is 0.758. The highest BCUT2D eigenvalue weighted by Crippen LogP contribution is 2.07. The lowest BCUT2D eigenvalue weighted by Crippen LogP contribution is -1.89. The molecule has 0 aliphatic heterocycles. The molecule has 0 radical (unpaired) electrons. The Hall–Kier alpha value is -0.160. The lowest BCUT2D eigenvalue weighted by Gasteiger charge is -2.02. The van der Waals surface area contributed by atoms with Gasteiger partial charge in [0.25, 0.3) is 0 Å². The number of alkyl halides is 2. The average Bonchev–Trinajstić information content (AvgIpc) is 2.63. The number of ether oxygens (including phenoxy) is 3. The average molecular weight is 484 g/mol. The Balaban J connectivity index is 3.14. The summed E-state index contributed by atoms with van der Waals surface area (Å²) in [5.41, 5.74) is 0. The molecule has 0 N–H and O–H groups in total. The fraction of sp³-hybridized carbons (Fsp3) is 0.800. The highest BCUT2D eigenvalue weighted by atomic mass is 79.9. The van der Waals surface area contributed by atoms with Gasteiger partial charge in [-0.2, -0.15) is 0 Å². The fourth-order valence-corrected chi connectivity index (χ4v) is 3.09.